The highest BCUT2D eigenvalue weighted by Gasteiger charge is 2.18. The van der Waals surface area contributed by atoms with Crippen LogP contribution in [0.2, 0.25) is 0 Å². The molecule has 0 bridgehead atoms. The molecular weight excluding hydrogens is 268 g/mol. The smallest absolute Gasteiger partial charge is 0.226 e. The first-order chi connectivity index (χ1) is 8.22. The van der Waals surface area contributed by atoms with Crippen molar-refractivity contribution in [2.45, 2.75) is 39.0 Å². The number of halogens is 1. The average molecular weight is 289 g/mol. The zero-order chi connectivity index (χ0) is 12.3. The number of nitrogens with one attached hydrogen (secondary N) is 2. The normalized spacial score (nSPS) is 13.7. The Balaban J connectivity index is 0.00000162. The highest BCUT2D eigenvalue weighted by atomic mass is 35.5. The number of hydrogen-bond acceptors (Lipinski definition) is 3. The summed E-state index contributed by atoms with van der Waals surface area (Å²) >= 11 is 1.77. The van der Waals surface area contributed by atoms with Gasteiger partial charge in [-0.05, 0) is 50.8 Å². The molecule has 0 aromatic carbocycles. The van der Waals surface area contributed by atoms with Crippen molar-refractivity contribution in [3.05, 3.63) is 16.0 Å². The van der Waals surface area contributed by atoms with Crippen LogP contribution >= 0.6 is 23.7 Å². The zero-order valence-electron chi connectivity index (χ0n) is 11.0. The Labute approximate surface area is 119 Å². The van der Waals surface area contributed by atoms with E-state index in [1.54, 1.807) is 11.3 Å². The van der Waals surface area contributed by atoms with Gasteiger partial charge in [0, 0.05) is 17.8 Å². The van der Waals surface area contributed by atoms with Gasteiger partial charge >= 0.3 is 0 Å². The predicted molar refractivity (Wildman–Crippen MR) is 80.1 cm³/mol. The maximum Gasteiger partial charge on any atom is 0.226 e. The first-order valence-corrected chi connectivity index (χ1v) is 7.09. The molecule has 0 atom stereocenters. The Morgan fingerprint density at radius 2 is 2.06 bits per heavy atom. The van der Waals surface area contributed by atoms with Gasteiger partial charge in [-0.3, -0.25) is 4.79 Å². The van der Waals surface area contributed by atoms with Gasteiger partial charge in [-0.2, -0.15) is 0 Å². The monoisotopic (exact) mass is 288 g/mol. The van der Waals surface area contributed by atoms with Crippen LogP contribution in [-0.4, -0.2) is 19.5 Å². The molecule has 1 amide bonds. The third-order valence-electron chi connectivity index (χ3n) is 3.29. The quantitative estimate of drug-likeness (QED) is 0.894. The molecule has 0 fully saturated rings. The van der Waals surface area contributed by atoms with E-state index in [0.29, 0.717) is 6.42 Å². The minimum Gasteiger partial charge on any atom is -0.319 e. The van der Waals surface area contributed by atoms with Crippen molar-refractivity contribution in [3.8, 4) is 0 Å². The van der Waals surface area contributed by atoms with E-state index in [0.717, 1.165) is 11.5 Å². The van der Waals surface area contributed by atoms with E-state index in [-0.39, 0.29) is 18.3 Å². The van der Waals surface area contributed by atoms with Gasteiger partial charge in [0.25, 0.3) is 0 Å². The molecule has 1 aromatic heterocycles. The van der Waals surface area contributed by atoms with E-state index in [2.05, 4.69) is 17.6 Å². The molecule has 5 heteroatoms. The molecule has 1 aromatic rings. The van der Waals surface area contributed by atoms with E-state index >= 15 is 0 Å². The van der Waals surface area contributed by atoms with Crippen molar-refractivity contribution >= 4 is 34.7 Å². The van der Waals surface area contributed by atoms with E-state index in [1.807, 2.05) is 7.05 Å². The van der Waals surface area contributed by atoms with Gasteiger partial charge in [0.2, 0.25) is 5.91 Å². The molecule has 1 aliphatic carbocycles. The van der Waals surface area contributed by atoms with Crippen LogP contribution in [0.4, 0.5) is 5.00 Å². The van der Waals surface area contributed by atoms with E-state index < -0.39 is 0 Å². The van der Waals surface area contributed by atoms with Crippen LogP contribution in [0.5, 0.6) is 0 Å². The second-order valence-corrected chi connectivity index (χ2v) is 5.67. The molecule has 3 nitrogen and oxygen atoms in total. The van der Waals surface area contributed by atoms with Gasteiger partial charge in [-0.15, -0.1) is 23.7 Å². The maximum absolute atomic E-state index is 11.7. The summed E-state index contributed by atoms with van der Waals surface area (Å²) in [6.45, 7) is 2.87. The number of anilines is 1. The molecule has 1 heterocycles. The molecule has 0 unspecified atom stereocenters. The number of fused-ring (bicyclic) bond motifs is 1. The van der Waals surface area contributed by atoms with Crippen LogP contribution in [-0.2, 0) is 17.6 Å². The summed E-state index contributed by atoms with van der Waals surface area (Å²) in [5, 5.41) is 7.10. The Hall–Kier alpha value is -0.580. The van der Waals surface area contributed by atoms with Crippen LogP contribution in [0.15, 0.2) is 0 Å². The van der Waals surface area contributed by atoms with Gasteiger partial charge in [0.15, 0.2) is 0 Å². The van der Waals surface area contributed by atoms with Gasteiger partial charge < -0.3 is 10.6 Å². The molecule has 2 N–H and O–H groups in total. The van der Waals surface area contributed by atoms with Crippen molar-refractivity contribution in [2.24, 2.45) is 0 Å². The SMILES string of the molecule is CNCCC(=O)Nc1sc2c(c1C)CCCC2.Cl. The van der Waals surface area contributed by atoms with Crippen LogP contribution in [0.1, 0.15) is 35.3 Å². The van der Waals surface area contributed by atoms with Gasteiger partial charge in [-0.1, -0.05) is 0 Å². The lowest BCUT2D eigenvalue weighted by Gasteiger charge is -2.10. The summed E-state index contributed by atoms with van der Waals surface area (Å²) in [7, 11) is 1.86. The second-order valence-electron chi connectivity index (χ2n) is 4.57. The molecule has 0 radical (unpaired) electrons. The summed E-state index contributed by atoms with van der Waals surface area (Å²) in [6, 6.07) is 0. The molecular formula is C13H21ClN2OS. The number of hydrogen-bond donors (Lipinski definition) is 2. The minimum absolute atomic E-state index is 0. The third-order valence-corrected chi connectivity index (χ3v) is 4.60. The van der Waals surface area contributed by atoms with Gasteiger partial charge in [0.05, 0.1) is 5.00 Å². The van der Waals surface area contributed by atoms with Gasteiger partial charge in [0.1, 0.15) is 0 Å². The fourth-order valence-corrected chi connectivity index (χ4v) is 3.58. The predicted octanol–water partition coefficient (Wildman–Crippen LogP) is 2.91. The zero-order valence-corrected chi connectivity index (χ0v) is 12.6. The van der Waals surface area contributed by atoms with Crippen LogP contribution in [0.25, 0.3) is 0 Å². The maximum atomic E-state index is 11.7. The summed E-state index contributed by atoms with van der Waals surface area (Å²) in [5.74, 6) is 0.112. The van der Waals surface area contributed by atoms with Crippen molar-refractivity contribution in [1.29, 1.82) is 0 Å². The van der Waals surface area contributed by atoms with Crippen molar-refractivity contribution in [3.63, 3.8) is 0 Å². The van der Waals surface area contributed by atoms with Crippen molar-refractivity contribution in [1.82, 2.24) is 5.32 Å². The Bertz CT molecular complexity index is 417. The Morgan fingerprint density at radius 1 is 1.33 bits per heavy atom. The van der Waals surface area contributed by atoms with Crippen molar-refractivity contribution in [2.75, 3.05) is 18.9 Å². The lowest BCUT2D eigenvalue weighted by atomic mass is 9.96. The summed E-state index contributed by atoms with van der Waals surface area (Å²) in [6.07, 6.45) is 5.49. The fourth-order valence-electron chi connectivity index (χ4n) is 2.27. The molecule has 2 rings (SSSR count). The largest absolute Gasteiger partial charge is 0.319 e. The van der Waals surface area contributed by atoms with E-state index in [4.69, 9.17) is 0 Å². The standard InChI is InChI=1S/C13H20N2OS.ClH/c1-9-10-5-3-4-6-11(10)17-13(9)15-12(16)7-8-14-2;/h14H,3-8H2,1-2H3,(H,15,16);1H. The number of rotatable bonds is 4. The number of carbonyl (C=O) groups excluding carboxylic acids is 1. The van der Waals surface area contributed by atoms with Crippen LogP contribution in [0, 0.1) is 6.92 Å². The highest BCUT2D eigenvalue weighted by molar-refractivity contribution is 7.16. The Morgan fingerprint density at radius 3 is 2.72 bits per heavy atom. The fraction of sp³-hybridized carbons (Fsp3) is 0.615. The lowest BCUT2D eigenvalue weighted by Crippen LogP contribution is -2.18. The number of carbonyl (C=O) groups is 1. The molecule has 0 saturated heterocycles. The summed E-state index contributed by atoms with van der Waals surface area (Å²) < 4.78 is 0. The molecule has 0 spiro atoms. The summed E-state index contributed by atoms with van der Waals surface area (Å²) in [4.78, 5) is 13.2. The highest BCUT2D eigenvalue weighted by Crippen LogP contribution is 2.37. The average Bonchev–Trinajstić information content (AvgIpc) is 2.64. The minimum atomic E-state index is 0. The number of thiophene rings is 1. The topological polar surface area (TPSA) is 41.1 Å². The van der Waals surface area contributed by atoms with E-state index in [9.17, 15) is 4.79 Å². The molecule has 18 heavy (non-hydrogen) atoms. The lowest BCUT2D eigenvalue weighted by molar-refractivity contribution is -0.116. The van der Waals surface area contributed by atoms with Gasteiger partial charge in [-0.25, -0.2) is 0 Å². The van der Waals surface area contributed by atoms with Crippen LogP contribution in [0.3, 0.4) is 0 Å². The summed E-state index contributed by atoms with van der Waals surface area (Å²) in [5.41, 5.74) is 2.78. The number of aryl methyl sites for hydroxylation is 1. The number of amides is 1. The second kappa shape index (κ2) is 7.12. The molecule has 102 valence electrons. The molecule has 0 saturated carbocycles. The molecule has 1 aliphatic rings. The first kappa shape index (κ1) is 15.5. The third kappa shape index (κ3) is 3.46. The van der Waals surface area contributed by atoms with Crippen molar-refractivity contribution < 1.29 is 4.79 Å². The first-order valence-electron chi connectivity index (χ1n) is 6.28. The van der Waals surface area contributed by atoms with E-state index in [1.165, 1.54) is 41.7 Å². The van der Waals surface area contributed by atoms with Crippen LogP contribution < -0.4 is 10.6 Å². The molecule has 0 aliphatic heterocycles. The Kier molecular flexibility index (Phi) is 6.12.